The molecule has 0 bridgehead atoms. The summed E-state index contributed by atoms with van der Waals surface area (Å²) in [4.78, 5) is 22.7. The summed E-state index contributed by atoms with van der Waals surface area (Å²) < 4.78 is 0. The van der Waals surface area contributed by atoms with Crippen molar-refractivity contribution in [2.45, 2.75) is 46.0 Å². The minimum Gasteiger partial charge on any atom is -0.354 e. The second-order valence-corrected chi connectivity index (χ2v) is 5.08. The number of hydrogen-bond donors (Lipinski definition) is 2. The van der Waals surface area contributed by atoms with E-state index in [9.17, 15) is 9.59 Å². The van der Waals surface area contributed by atoms with Crippen molar-refractivity contribution in [3.8, 4) is 0 Å². The maximum absolute atomic E-state index is 11.5. The summed E-state index contributed by atoms with van der Waals surface area (Å²) in [5, 5.41) is 5.43. The van der Waals surface area contributed by atoms with Crippen molar-refractivity contribution in [3.63, 3.8) is 0 Å². The minimum atomic E-state index is -0.111. The Balaban J connectivity index is 2.10. The predicted octanol–water partition coefficient (Wildman–Crippen LogP) is 1.77. The van der Waals surface area contributed by atoms with Crippen molar-refractivity contribution in [3.05, 3.63) is 11.6 Å². The van der Waals surface area contributed by atoms with E-state index in [1.165, 1.54) is 31.3 Å². The minimum absolute atomic E-state index is 0.0785. The Morgan fingerprint density at radius 1 is 1.28 bits per heavy atom. The zero-order chi connectivity index (χ0) is 13.4. The molecule has 0 heterocycles. The molecule has 0 aromatic rings. The van der Waals surface area contributed by atoms with Crippen LogP contribution in [0.1, 0.15) is 46.0 Å². The molecule has 0 atom stereocenters. The lowest BCUT2D eigenvalue weighted by atomic mass is 9.97. The molecule has 0 unspecified atom stereocenters. The third-order valence-electron chi connectivity index (χ3n) is 3.10. The molecule has 0 fully saturated rings. The number of allylic oxidation sites excluding steroid dienone is 1. The Hall–Kier alpha value is -1.32. The monoisotopic (exact) mass is 252 g/mol. The number of amides is 2. The van der Waals surface area contributed by atoms with Gasteiger partial charge in [-0.1, -0.05) is 25.5 Å². The normalized spacial score (nSPS) is 15.2. The van der Waals surface area contributed by atoms with Crippen LogP contribution in [-0.4, -0.2) is 24.9 Å². The van der Waals surface area contributed by atoms with Gasteiger partial charge in [-0.15, -0.1) is 0 Å². The lowest BCUT2D eigenvalue weighted by molar-refractivity contribution is -0.127. The van der Waals surface area contributed by atoms with Crippen molar-refractivity contribution in [1.82, 2.24) is 10.6 Å². The van der Waals surface area contributed by atoms with Crippen LogP contribution in [0.25, 0.3) is 0 Å². The first-order valence-corrected chi connectivity index (χ1v) is 6.82. The molecule has 0 aromatic heterocycles. The Morgan fingerprint density at radius 3 is 2.67 bits per heavy atom. The number of hydrogen-bond acceptors (Lipinski definition) is 2. The highest BCUT2D eigenvalue weighted by molar-refractivity contribution is 5.85. The van der Waals surface area contributed by atoms with E-state index in [1.54, 1.807) is 0 Å². The summed E-state index contributed by atoms with van der Waals surface area (Å²) in [6.07, 6.45) is 8.12. The third kappa shape index (κ3) is 5.84. The van der Waals surface area contributed by atoms with Crippen molar-refractivity contribution in [2.75, 3.05) is 13.1 Å². The van der Waals surface area contributed by atoms with Crippen LogP contribution in [0.5, 0.6) is 0 Å². The van der Waals surface area contributed by atoms with Gasteiger partial charge in [-0.3, -0.25) is 9.59 Å². The van der Waals surface area contributed by atoms with Crippen LogP contribution in [0.4, 0.5) is 0 Å². The predicted molar refractivity (Wildman–Crippen MR) is 72.0 cm³/mol. The van der Waals surface area contributed by atoms with E-state index in [0.29, 0.717) is 6.54 Å². The van der Waals surface area contributed by atoms with E-state index >= 15 is 0 Å². The van der Waals surface area contributed by atoms with E-state index in [4.69, 9.17) is 0 Å². The van der Waals surface area contributed by atoms with Gasteiger partial charge < -0.3 is 10.6 Å². The molecule has 0 saturated heterocycles. The van der Waals surface area contributed by atoms with Crippen molar-refractivity contribution in [1.29, 1.82) is 0 Å². The van der Waals surface area contributed by atoms with E-state index in [1.807, 2.05) is 13.8 Å². The highest BCUT2D eigenvalue weighted by Gasteiger charge is 2.09. The van der Waals surface area contributed by atoms with Gasteiger partial charge in [0, 0.05) is 12.5 Å². The highest BCUT2D eigenvalue weighted by Crippen LogP contribution is 2.19. The van der Waals surface area contributed by atoms with E-state index in [-0.39, 0.29) is 24.3 Å². The third-order valence-corrected chi connectivity index (χ3v) is 3.10. The molecule has 1 rings (SSSR count). The molecule has 2 amide bonds. The lowest BCUT2D eigenvalue weighted by Crippen LogP contribution is -2.38. The fraction of sp³-hybridized carbons (Fsp3) is 0.714. The summed E-state index contributed by atoms with van der Waals surface area (Å²) in [5.41, 5.74) is 1.45. The molecule has 18 heavy (non-hydrogen) atoms. The molecule has 0 saturated carbocycles. The fourth-order valence-corrected chi connectivity index (χ4v) is 1.93. The second-order valence-electron chi connectivity index (χ2n) is 5.08. The maximum atomic E-state index is 11.5. The number of carbonyl (C=O) groups is 2. The zero-order valence-electron chi connectivity index (χ0n) is 11.4. The molecule has 0 spiro atoms. The fourth-order valence-electron chi connectivity index (χ4n) is 1.93. The molecule has 4 heteroatoms. The van der Waals surface area contributed by atoms with Crippen LogP contribution in [-0.2, 0) is 9.59 Å². The SMILES string of the molecule is CC(C)C(=O)NCC(=O)NCCC1=CCCCC1. The number of nitrogens with one attached hydrogen (secondary N) is 2. The standard InChI is InChI=1S/C14H24N2O2/c1-11(2)14(18)16-10-13(17)15-9-8-12-6-4-3-5-7-12/h6,11H,3-5,7-10H2,1-2H3,(H,15,17)(H,16,18). The first-order chi connectivity index (χ1) is 8.59. The Labute approximate surface area is 109 Å². The quantitative estimate of drug-likeness (QED) is 0.708. The summed E-state index contributed by atoms with van der Waals surface area (Å²) in [7, 11) is 0. The van der Waals surface area contributed by atoms with Crippen molar-refractivity contribution < 1.29 is 9.59 Å². The van der Waals surface area contributed by atoms with E-state index in [2.05, 4.69) is 16.7 Å². The Kier molecular flexibility index (Phi) is 6.47. The van der Waals surface area contributed by atoms with Crippen molar-refractivity contribution in [2.24, 2.45) is 5.92 Å². The van der Waals surface area contributed by atoms with E-state index < -0.39 is 0 Å². The Bertz CT molecular complexity index is 322. The molecule has 1 aliphatic rings. The second kappa shape index (κ2) is 7.90. The molecular weight excluding hydrogens is 228 g/mol. The van der Waals surface area contributed by atoms with Gasteiger partial charge in [0.15, 0.2) is 0 Å². The zero-order valence-corrected chi connectivity index (χ0v) is 11.4. The molecule has 0 radical (unpaired) electrons. The summed E-state index contributed by atoms with van der Waals surface area (Å²) in [6.45, 7) is 4.36. The van der Waals surface area contributed by atoms with Gasteiger partial charge in [0.2, 0.25) is 11.8 Å². The molecule has 102 valence electrons. The lowest BCUT2D eigenvalue weighted by Gasteiger charge is -2.13. The first kappa shape index (κ1) is 14.7. The van der Waals surface area contributed by atoms with Gasteiger partial charge in [0.1, 0.15) is 0 Å². The topological polar surface area (TPSA) is 58.2 Å². The summed E-state index contributed by atoms with van der Waals surface area (Å²) in [5.74, 6) is -0.272. The van der Waals surface area contributed by atoms with Crippen LogP contribution in [0.3, 0.4) is 0 Å². The number of carbonyl (C=O) groups excluding carboxylic acids is 2. The van der Waals surface area contributed by atoms with Crippen LogP contribution in [0.15, 0.2) is 11.6 Å². The van der Waals surface area contributed by atoms with Gasteiger partial charge in [-0.2, -0.15) is 0 Å². The van der Waals surface area contributed by atoms with Crippen LogP contribution in [0.2, 0.25) is 0 Å². The Morgan fingerprint density at radius 2 is 2.06 bits per heavy atom. The largest absolute Gasteiger partial charge is 0.354 e. The molecular formula is C14H24N2O2. The average Bonchev–Trinajstić information content (AvgIpc) is 2.37. The first-order valence-electron chi connectivity index (χ1n) is 6.82. The van der Waals surface area contributed by atoms with Gasteiger partial charge >= 0.3 is 0 Å². The van der Waals surface area contributed by atoms with E-state index in [0.717, 1.165) is 6.42 Å². The van der Waals surface area contributed by atoms with Crippen LogP contribution >= 0.6 is 0 Å². The molecule has 4 nitrogen and oxygen atoms in total. The summed E-state index contributed by atoms with van der Waals surface area (Å²) >= 11 is 0. The van der Waals surface area contributed by atoms with Gasteiger partial charge in [-0.05, 0) is 32.1 Å². The highest BCUT2D eigenvalue weighted by atomic mass is 16.2. The maximum Gasteiger partial charge on any atom is 0.239 e. The van der Waals surface area contributed by atoms with Crippen molar-refractivity contribution >= 4 is 11.8 Å². The van der Waals surface area contributed by atoms with Gasteiger partial charge in [-0.25, -0.2) is 0 Å². The van der Waals surface area contributed by atoms with Gasteiger partial charge in [0.25, 0.3) is 0 Å². The number of rotatable bonds is 6. The molecule has 1 aliphatic carbocycles. The summed E-state index contributed by atoms with van der Waals surface area (Å²) in [6, 6.07) is 0. The van der Waals surface area contributed by atoms with Gasteiger partial charge in [0.05, 0.1) is 6.54 Å². The average molecular weight is 252 g/mol. The smallest absolute Gasteiger partial charge is 0.239 e. The van der Waals surface area contributed by atoms with Crippen LogP contribution < -0.4 is 10.6 Å². The molecule has 0 aromatic carbocycles. The molecule has 2 N–H and O–H groups in total. The molecule has 0 aliphatic heterocycles. The van der Waals surface area contributed by atoms with Crippen LogP contribution in [0, 0.1) is 5.92 Å².